The van der Waals surface area contributed by atoms with Crippen molar-refractivity contribution in [2.45, 2.75) is 0 Å². The minimum absolute atomic E-state index is 0.106. The third kappa shape index (κ3) is 2.45. The number of methoxy groups -OCH3 is 1. The Bertz CT molecular complexity index is 1150. The molecule has 3 N–H and O–H groups in total. The average molecular weight is 375 g/mol. The first-order chi connectivity index (χ1) is 12.5. The summed E-state index contributed by atoms with van der Waals surface area (Å²) in [6.07, 6.45) is 0. The molecule has 0 atom stereocenters. The number of nitro groups is 1. The van der Waals surface area contributed by atoms with Crippen LogP contribution in [0.3, 0.4) is 0 Å². The first-order valence-electron chi connectivity index (χ1n) is 7.21. The van der Waals surface area contributed by atoms with Crippen LogP contribution in [-0.4, -0.2) is 27.2 Å². The van der Waals surface area contributed by atoms with E-state index in [4.69, 9.17) is 14.9 Å². The van der Waals surface area contributed by atoms with Crippen LogP contribution in [0, 0.1) is 15.9 Å². The molecule has 3 heterocycles. The summed E-state index contributed by atoms with van der Waals surface area (Å²) in [5.41, 5.74) is 7.10. The number of furan rings is 1. The molecular weight excluding hydrogens is 365 g/mol. The Morgan fingerprint density at radius 2 is 2.23 bits per heavy atom. The van der Waals surface area contributed by atoms with Gasteiger partial charge in [0.1, 0.15) is 21.4 Å². The predicted octanol–water partition coefficient (Wildman–Crippen LogP) is 3.58. The van der Waals surface area contributed by atoms with Crippen LogP contribution in [0.25, 0.3) is 32.2 Å². The number of aromatic amines is 1. The third-order valence-electron chi connectivity index (χ3n) is 3.68. The van der Waals surface area contributed by atoms with Gasteiger partial charge in [-0.2, -0.15) is 5.10 Å². The lowest BCUT2D eigenvalue weighted by Gasteiger charge is -1.99. The maximum absolute atomic E-state index is 13.9. The molecule has 0 amide bonds. The number of nitrogen functional groups attached to an aromatic ring is 1. The Balaban J connectivity index is 1.86. The highest BCUT2D eigenvalue weighted by atomic mass is 32.1. The van der Waals surface area contributed by atoms with Gasteiger partial charge in [-0.05, 0) is 6.07 Å². The summed E-state index contributed by atoms with van der Waals surface area (Å²) in [6.45, 7) is 0. The van der Waals surface area contributed by atoms with E-state index in [2.05, 4.69) is 15.2 Å². The zero-order chi connectivity index (χ0) is 18.4. The summed E-state index contributed by atoms with van der Waals surface area (Å²) in [7, 11) is 1.38. The molecule has 0 bridgehead atoms. The molecule has 4 aromatic rings. The summed E-state index contributed by atoms with van der Waals surface area (Å²) in [6, 6.07) is 5.46. The van der Waals surface area contributed by atoms with Crippen molar-refractivity contribution in [3.8, 4) is 27.8 Å². The van der Waals surface area contributed by atoms with Crippen LogP contribution >= 0.6 is 11.3 Å². The average Bonchev–Trinajstić information content (AvgIpc) is 3.30. The molecule has 0 spiro atoms. The number of ether oxygens (including phenoxy) is 1. The quantitative estimate of drug-likeness (QED) is 0.411. The monoisotopic (exact) mass is 375 g/mol. The van der Waals surface area contributed by atoms with Gasteiger partial charge in [0.15, 0.2) is 17.3 Å². The first kappa shape index (κ1) is 16.0. The number of halogens is 1. The molecule has 0 unspecified atom stereocenters. The summed E-state index contributed by atoms with van der Waals surface area (Å²) < 4.78 is 24.8. The fourth-order valence-corrected chi connectivity index (χ4v) is 3.53. The number of rotatable bonds is 4. The fraction of sp³-hybridized carbons (Fsp3) is 0.0667. The maximum Gasteiger partial charge on any atom is 0.433 e. The van der Waals surface area contributed by atoms with E-state index in [0.29, 0.717) is 20.8 Å². The minimum Gasteiger partial charge on any atom is -0.494 e. The Hall–Kier alpha value is -3.47. The second-order valence-corrected chi connectivity index (χ2v) is 6.26. The van der Waals surface area contributed by atoms with Crippen molar-refractivity contribution in [1.82, 2.24) is 15.2 Å². The van der Waals surface area contributed by atoms with Crippen molar-refractivity contribution in [2.24, 2.45) is 0 Å². The molecule has 0 aliphatic carbocycles. The highest BCUT2D eigenvalue weighted by Crippen LogP contribution is 2.41. The number of aromatic nitrogens is 3. The second-order valence-electron chi connectivity index (χ2n) is 5.23. The summed E-state index contributed by atoms with van der Waals surface area (Å²) in [5.74, 6) is -0.453. The van der Waals surface area contributed by atoms with Crippen LogP contribution in [-0.2, 0) is 0 Å². The van der Waals surface area contributed by atoms with Crippen LogP contribution < -0.4 is 10.5 Å². The molecule has 0 fully saturated rings. The van der Waals surface area contributed by atoms with E-state index in [1.807, 2.05) is 0 Å². The number of H-pyrrole nitrogens is 1. The van der Waals surface area contributed by atoms with Crippen LogP contribution in [0.2, 0.25) is 0 Å². The van der Waals surface area contributed by atoms with Crippen molar-refractivity contribution in [3.63, 3.8) is 0 Å². The zero-order valence-electron chi connectivity index (χ0n) is 13.1. The van der Waals surface area contributed by atoms with E-state index in [-0.39, 0.29) is 23.0 Å². The number of anilines is 1. The lowest BCUT2D eigenvalue weighted by molar-refractivity contribution is -0.401. The first-order valence-corrected chi connectivity index (χ1v) is 8.02. The number of hydrogen-bond donors (Lipinski definition) is 2. The van der Waals surface area contributed by atoms with E-state index in [0.717, 1.165) is 0 Å². The van der Waals surface area contributed by atoms with E-state index >= 15 is 0 Å². The van der Waals surface area contributed by atoms with Gasteiger partial charge in [0.2, 0.25) is 0 Å². The largest absolute Gasteiger partial charge is 0.494 e. The number of benzene rings is 1. The van der Waals surface area contributed by atoms with Crippen LogP contribution in [0.15, 0.2) is 28.7 Å². The zero-order valence-corrected chi connectivity index (χ0v) is 14.0. The van der Waals surface area contributed by atoms with E-state index in [1.54, 1.807) is 6.07 Å². The third-order valence-corrected chi connectivity index (χ3v) is 4.71. The number of nitrogens with one attached hydrogen (secondary N) is 1. The van der Waals surface area contributed by atoms with E-state index in [9.17, 15) is 14.5 Å². The van der Waals surface area contributed by atoms with Gasteiger partial charge in [0.25, 0.3) is 0 Å². The molecule has 0 aliphatic rings. The summed E-state index contributed by atoms with van der Waals surface area (Å²) >= 11 is 1.26. The highest BCUT2D eigenvalue weighted by Gasteiger charge is 2.23. The molecule has 0 saturated carbocycles. The molecule has 26 heavy (non-hydrogen) atoms. The smallest absolute Gasteiger partial charge is 0.433 e. The number of fused-ring (bicyclic) bond motifs is 1. The molecule has 0 aliphatic heterocycles. The number of thiazole rings is 1. The van der Waals surface area contributed by atoms with Crippen molar-refractivity contribution >= 4 is 33.3 Å². The van der Waals surface area contributed by atoms with Crippen molar-refractivity contribution in [3.05, 3.63) is 40.2 Å². The molecule has 9 nitrogen and oxygen atoms in total. The van der Waals surface area contributed by atoms with Crippen LogP contribution in [0.5, 0.6) is 5.75 Å². The number of nitrogens with zero attached hydrogens (tertiary/aromatic N) is 3. The number of hydrogen-bond acceptors (Lipinski definition) is 8. The van der Waals surface area contributed by atoms with Crippen molar-refractivity contribution < 1.29 is 18.5 Å². The standard InChI is InChI=1S/C15H10FN5O4S/c1-24-9-5-10-7(4-6(9)16)18-15(26-10)12-13(19-20-14(12)17)8-2-3-11(25-8)21(22)23/h2-5H,1H3,(H3,17,19,20). The lowest BCUT2D eigenvalue weighted by Crippen LogP contribution is -1.88. The van der Waals surface area contributed by atoms with Gasteiger partial charge in [-0.25, -0.2) is 9.37 Å². The van der Waals surface area contributed by atoms with Gasteiger partial charge in [0, 0.05) is 12.1 Å². The van der Waals surface area contributed by atoms with Gasteiger partial charge in [-0.1, -0.05) is 0 Å². The number of nitrogens with two attached hydrogens (primary N) is 1. The fourth-order valence-electron chi connectivity index (χ4n) is 2.50. The maximum atomic E-state index is 13.9. The van der Waals surface area contributed by atoms with Crippen LogP contribution in [0.4, 0.5) is 16.1 Å². The Morgan fingerprint density at radius 1 is 1.42 bits per heavy atom. The molecule has 11 heteroatoms. The van der Waals surface area contributed by atoms with E-state index in [1.165, 1.54) is 36.6 Å². The van der Waals surface area contributed by atoms with E-state index < -0.39 is 16.6 Å². The minimum atomic E-state index is -0.647. The SMILES string of the molecule is COc1cc2sc(-c3c(-c4ccc([N+](=O)[O-])o4)n[nH]c3N)nc2cc1F. The molecule has 0 saturated heterocycles. The topological polar surface area (TPSA) is 133 Å². The predicted molar refractivity (Wildman–Crippen MR) is 92.5 cm³/mol. The van der Waals surface area contributed by atoms with Gasteiger partial charge < -0.3 is 14.9 Å². The molecule has 0 radical (unpaired) electrons. The summed E-state index contributed by atoms with van der Waals surface area (Å²) in [5, 5.41) is 18.0. The Labute approximate surface area is 148 Å². The summed E-state index contributed by atoms with van der Waals surface area (Å²) in [4.78, 5) is 14.6. The molecule has 1 aromatic carbocycles. The van der Waals surface area contributed by atoms with Crippen molar-refractivity contribution in [1.29, 1.82) is 0 Å². The van der Waals surface area contributed by atoms with Gasteiger partial charge in [-0.15, -0.1) is 11.3 Å². The Kier molecular flexibility index (Phi) is 3.58. The molecule has 3 aromatic heterocycles. The lowest BCUT2D eigenvalue weighted by atomic mass is 10.2. The van der Waals surface area contributed by atoms with Crippen LogP contribution in [0.1, 0.15) is 0 Å². The molecule has 4 rings (SSSR count). The van der Waals surface area contributed by atoms with Crippen molar-refractivity contribution in [2.75, 3.05) is 12.8 Å². The second kappa shape index (κ2) is 5.81. The van der Waals surface area contributed by atoms with Gasteiger partial charge in [0.05, 0.1) is 29.0 Å². The normalized spacial score (nSPS) is 11.2. The molecule has 132 valence electrons. The Morgan fingerprint density at radius 3 is 2.92 bits per heavy atom. The molecular formula is C15H10FN5O4S. The highest BCUT2D eigenvalue weighted by molar-refractivity contribution is 7.21. The van der Waals surface area contributed by atoms with Gasteiger partial charge >= 0.3 is 5.88 Å². The van der Waals surface area contributed by atoms with Gasteiger partial charge in [-0.3, -0.25) is 15.2 Å².